The van der Waals surface area contributed by atoms with E-state index >= 15 is 0 Å². The van der Waals surface area contributed by atoms with Gasteiger partial charge in [0.1, 0.15) is 0 Å². The molecule has 7 nitrogen and oxygen atoms in total. The van der Waals surface area contributed by atoms with Gasteiger partial charge in [0.2, 0.25) is 11.8 Å². The monoisotopic (exact) mass is 339 g/mol. The number of carbonyl (C=O) groups excluding carboxylic acids is 2. The number of likely N-dealkylation sites (N-methyl/N-ethyl adjacent to an activating group) is 1. The lowest BCUT2D eigenvalue weighted by Gasteiger charge is -2.47. The molecule has 3 aliphatic heterocycles. The Morgan fingerprint density at radius 2 is 1.71 bits per heavy atom. The summed E-state index contributed by atoms with van der Waals surface area (Å²) < 4.78 is 11.4. The second-order valence-corrected chi connectivity index (χ2v) is 7.27. The van der Waals surface area contributed by atoms with E-state index in [9.17, 15) is 9.59 Å². The van der Waals surface area contributed by atoms with Crippen molar-refractivity contribution < 1.29 is 19.1 Å². The lowest BCUT2D eigenvalue weighted by atomic mass is 10.00. The molecule has 3 aliphatic rings. The first-order chi connectivity index (χ1) is 11.3. The highest BCUT2D eigenvalue weighted by atomic mass is 16.7. The number of piperazine rings is 1. The summed E-state index contributed by atoms with van der Waals surface area (Å²) in [5.41, 5.74) is 0. The second kappa shape index (κ2) is 6.61. The Labute approximate surface area is 143 Å². The minimum atomic E-state index is -0.463. The molecule has 3 atom stereocenters. The van der Waals surface area contributed by atoms with E-state index in [2.05, 4.69) is 6.92 Å². The van der Waals surface area contributed by atoms with E-state index in [0.29, 0.717) is 32.8 Å². The summed E-state index contributed by atoms with van der Waals surface area (Å²) in [7, 11) is 1.84. The van der Waals surface area contributed by atoms with E-state index in [1.54, 1.807) is 4.90 Å². The molecule has 0 aromatic heterocycles. The Hall–Kier alpha value is -1.18. The van der Waals surface area contributed by atoms with Gasteiger partial charge < -0.3 is 19.3 Å². The van der Waals surface area contributed by atoms with Crippen molar-refractivity contribution in [3.05, 3.63) is 0 Å². The Morgan fingerprint density at radius 1 is 1.12 bits per heavy atom. The number of hydrogen-bond acceptors (Lipinski definition) is 5. The van der Waals surface area contributed by atoms with Crippen LogP contribution in [0.2, 0.25) is 0 Å². The largest absolute Gasteiger partial charge is 0.347 e. The first kappa shape index (κ1) is 17.6. The van der Waals surface area contributed by atoms with E-state index in [1.807, 2.05) is 30.7 Å². The minimum absolute atomic E-state index is 0.0822. The fourth-order valence-electron chi connectivity index (χ4n) is 4.01. The fourth-order valence-corrected chi connectivity index (χ4v) is 4.01. The predicted octanol–water partition coefficient (Wildman–Crippen LogP) is 0.291. The summed E-state index contributed by atoms with van der Waals surface area (Å²) in [5.74, 6) is -0.291. The van der Waals surface area contributed by atoms with Crippen molar-refractivity contribution >= 4 is 11.8 Å². The van der Waals surface area contributed by atoms with Crippen LogP contribution < -0.4 is 0 Å². The molecule has 3 saturated heterocycles. The highest BCUT2D eigenvalue weighted by molar-refractivity contribution is 5.84. The molecule has 0 aliphatic carbocycles. The van der Waals surface area contributed by atoms with Gasteiger partial charge in [-0.05, 0) is 20.8 Å². The van der Waals surface area contributed by atoms with Crippen LogP contribution in [-0.4, -0.2) is 90.3 Å². The molecule has 0 aromatic rings. The van der Waals surface area contributed by atoms with Crippen molar-refractivity contribution in [2.45, 2.75) is 57.5 Å². The summed E-state index contributed by atoms with van der Waals surface area (Å²) >= 11 is 0. The van der Waals surface area contributed by atoms with Crippen molar-refractivity contribution in [3.63, 3.8) is 0 Å². The van der Waals surface area contributed by atoms with Crippen molar-refractivity contribution in [2.75, 3.05) is 39.9 Å². The third kappa shape index (κ3) is 3.05. The van der Waals surface area contributed by atoms with Crippen LogP contribution in [0.4, 0.5) is 0 Å². The van der Waals surface area contributed by atoms with Gasteiger partial charge in [0.15, 0.2) is 5.79 Å². The van der Waals surface area contributed by atoms with Crippen molar-refractivity contribution in [2.24, 2.45) is 0 Å². The number of hydrogen-bond donors (Lipinski definition) is 0. The molecule has 0 aromatic carbocycles. The number of piperidine rings is 1. The summed E-state index contributed by atoms with van der Waals surface area (Å²) in [6.07, 6.45) is 1.45. The van der Waals surface area contributed by atoms with Crippen LogP contribution in [0.5, 0.6) is 0 Å². The van der Waals surface area contributed by atoms with Crippen molar-refractivity contribution in [1.29, 1.82) is 0 Å². The summed E-state index contributed by atoms with van der Waals surface area (Å²) in [6, 6.07) is -0.00141. The lowest BCUT2D eigenvalue weighted by molar-refractivity contribution is -0.188. The number of rotatable bonds is 2. The first-order valence-electron chi connectivity index (χ1n) is 8.93. The van der Waals surface area contributed by atoms with Gasteiger partial charge in [-0.15, -0.1) is 0 Å². The molecular formula is C17H29N3O4. The Kier molecular flexibility index (Phi) is 4.86. The average molecular weight is 339 g/mol. The Morgan fingerprint density at radius 3 is 2.29 bits per heavy atom. The molecule has 0 saturated carbocycles. The Balaban J connectivity index is 1.59. The second-order valence-electron chi connectivity index (χ2n) is 7.27. The molecule has 2 amide bonds. The van der Waals surface area contributed by atoms with Crippen molar-refractivity contribution in [3.8, 4) is 0 Å². The van der Waals surface area contributed by atoms with Gasteiger partial charge in [-0.2, -0.15) is 0 Å². The molecule has 0 radical (unpaired) electrons. The molecule has 3 fully saturated rings. The van der Waals surface area contributed by atoms with Crippen LogP contribution in [0.15, 0.2) is 0 Å². The molecular weight excluding hydrogens is 310 g/mol. The quantitative estimate of drug-likeness (QED) is 0.724. The van der Waals surface area contributed by atoms with Crippen molar-refractivity contribution in [1.82, 2.24) is 14.7 Å². The van der Waals surface area contributed by atoms with Gasteiger partial charge in [-0.3, -0.25) is 14.5 Å². The van der Waals surface area contributed by atoms with E-state index in [4.69, 9.17) is 9.47 Å². The SMILES string of the molecule is CC1C(C)N(CC(=O)N2CCC3(CC2)OCCO3)C(C)C(=O)N1C. The zero-order valence-corrected chi connectivity index (χ0v) is 15.2. The Bertz CT molecular complexity index is 496. The van der Waals surface area contributed by atoms with Crippen LogP contribution in [-0.2, 0) is 19.1 Å². The third-order valence-electron chi connectivity index (χ3n) is 6.04. The van der Waals surface area contributed by atoms with E-state index < -0.39 is 5.79 Å². The summed E-state index contributed by atoms with van der Waals surface area (Å²) in [4.78, 5) is 30.8. The number of ether oxygens (including phenoxy) is 2. The molecule has 0 N–H and O–H groups in total. The van der Waals surface area contributed by atoms with Crippen LogP contribution in [0.3, 0.4) is 0 Å². The minimum Gasteiger partial charge on any atom is -0.347 e. The maximum Gasteiger partial charge on any atom is 0.239 e. The first-order valence-corrected chi connectivity index (χ1v) is 8.93. The van der Waals surface area contributed by atoms with Gasteiger partial charge in [-0.25, -0.2) is 0 Å². The lowest BCUT2D eigenvalue weighted by Crippen LogP contribution is -2.64. The molecule has 24 heavy (non-hydrogen) atoms. The van der Waals surface area contributed by atoms with Crippen LogP contribution in [0.1, 0.15) is 33.6 Å². The molecule has 3 heterocycles. The van der Waals surface area contributed by atoms with E-state index in [1.165, 1.54) is 0 Å². The van der Waals surface area contributed by atoms with Crippen LogP contribution >= 0.6 is 0 Å². The molecule has 0 bridgehead atoms. The average Bonchev–Trinajstić information content (AvgIpc) is 3.03. The topological polar surface area (TPSA) is 62.3 Å². The normalized spacial score (nSPS) is 34.2. The third-order valence-corrected chi connectivity index (χ3v) is 6.04. The fraction of sp³-hybridized carbons (Fsp3) is 0.882. The maximum atomic E-state index is 12.7. The summed E-state index contributed by atoms with van der Waals surface area (Å²) in [6.45, 7) is 8.89. The molecule has 3 unspecified atom stereocenters. The number of amides is 2. The molecule has 1 spiro atoms. The van der Waals surface area contributed by atoms with E-state index in [-0.39, 0.29) is 29.9 Å². The molecule has 7 heteroatoms. The zero-order valence-electron chi connectivity index (χ0n) is 15.2. The number of likely N-dealkylation sites (tertiary alicyclic amines) is 1. The van der Waals surface area contributed by atoms with Gasteiger partial charge in [0.05, 0.1) is 25.8 Å². The van der Waals surface area contributed by atoms with Gasteiger partial charge in [0.25, 0.3) is 0 Å². The molecule has 136 valence electrons. The predicted molar refractivity (Wildman–Crippen MR) is 88.3 cm³/mol. The molecule has 3 rings (SSSR count). The number of nitrogens with zero attached hydrogens (tertiary/aromatic N) is 3. The van der Waals surface area contributed by atoms with Gasteiger partial charge in [0, 0.05) is 45.1 Å². The van der Waals surface area contributed by atoms with E-state index in [0.717, 1.165) is 12.8 Å². The zero-order chi connectivity index (χ0) is 17.5. The van der Waals surface area contributed by atoms with Crippen LogP contribution in [0.25, 0.3) is 0 Å². The maximum absolute atomic E-state index is 12.7. The highest BCUT2D eigenvalue weighted by Gasteiger charge is 2.43. The van der Waals surface area contributed by atoms with Gasteiger partial charge >= 0.3 is 0 Å². The van der Waals surface area contributed by atoms with Gasteiger partial charge in [-0.1, -0.05) is 0 Å². The summed E-state index contributed by atoms with van der Waals surface area (Å²) in [5, 5.41) is 0. The standard InChI is InChI=1S/C17H29N3O4/c1-12-13(2)20(14(3)16(22)18(12)4)11-15(21)19-7-5-17(6-8-19)23-9-10-24-17/h12-14H,5-11H2,1-4H3. The van der Waals surface area contributed by atoms with Crippen LogP contribution in [0, 0.1) is 0 Å². The smallest absolute Gasteiger partial charge is 0.239 e. The number of carbonyl (C=O) groups is 2. The highest BCUT2D eigenvalue weighted by Crippen LogP contribution is 2.31.